The number of nitrogens with zero attached hydrogens (tertiary/aromatic N) is 2. The number of hydrogen-bond donors (Lipinski definition) is 1. The number of aryl methyl sites for hydroxylation is 1. The molecule has 3 heterocycles. The van der Waals surface area contributed by atoms with Crippen molar-refractivity contribution in [3.05, 3.63) is 69.8 Å². The van der Waals surface area contributed by atoms with Crippen molar-refractivity contribution in [2.45, 2.75) is 19.3 Å². The summed E-state index contributed by atoms with van der Waals surface area (Å²) in [6.07, 6.45) is 2.48. The Balaban J connectivity index is 1.60. The summed E-state index contributed by atoms with van der Waals surface area (Å²) in [5.41, 5.74) is 2.88. The van der Waals surface area contributed by atoms with Gasteiger partial charge in [-0.25, -0.2) is 0 Å². The zero-order valence-corrected chi connectivity index (χ0v) is 15.4. The molecule has 1 fully saturated rings. The van der Waals surface area contributed by atoms with E-state index in [0.29, 0.717) is 35.3 Å². The largest absolute Gasteiger partial charge is 0.496 e. The number of likely N-dealkylation sites (tertiary alicyclic amines) is 1. The van der Waals surface area contributed by atoms with Crippen LogP contribution in [0.1, 0.15) is 34.0 Å². The van der Waals surface area contributed by atoms with E-state index in [9.17, 15) is 9.59 Å². The second-order valence-corrected chi connectivity index (χ2v) is 6.88. The van der Waals surface area contributed by atoms with Gasteiger partial charge in [0.25, 0.3) is 11.5 Å². The summed E-state index contributed by atoms with van der Waals surface area (Å²) in [7, 11) is 1.58. The summed E-state index contributed by atoms with van der Waals surface area (Å²) in [6, 6.07) is 11.0. The molecule has 3 aromatic rings. The van der Waals surface area contributed by atoms with Gasteiger partial charge in [-0.2, -0.15) is 0 Å². The van der Waals surface area contributed by atoms with Gasteiger partial charge in [0.1, 0.15) is 5.75 Å². The SMILES string of the molecule is COc1c(C)cccc1C(=O)N1CC[C@H](c2cc3ncccc3c(=O)[nH]2)C1. The Kier molecular flexibility index (Phi) is 4.39. The number of hydrogen-bond acceptors (Lipinski definition) is 4. The molecule has 6 heteroatoms. The zero-order chi connectivity index (χ0) is 19.0. The molecular formula is C21H21N3O3. The molecular weight excluding hydrogens is 342 g/mol. The third-order valence-corrected chi connectivity index (χ3v) is 5.19. The number of pyridine rings is 2. The van der Waals surface area contributed by atoms with Crippen molar-refractivity contribution in [1.82, 2.24) is 14.9 Å². The van der Waals surface area contributed by atoms with Gasteiger partial charge in [-0.15, -0.1) is 0 Å². The van der Waals surface area contributed by atoms with Crippen LogP contribution >= 0.6 is 0 Å². The fourth-order valence-corrected chi connectivity index (χ4v) is 3.79. The molecule has 0 unspecified atom stereocenters. The van der Waals surface area contributed by atoms with Crippen LogP contribution in [0.25, 0.3) is 10.9 Å². The van der Waals surface area contributed by atoms with Crippen molar-refractivity contribution in [1.29, 1.82) is 0 Å². The number of fused-ring (bicyclic) bond motifs is 1. The van der Waals surface area contributed by atoms with Crippen LogP contribution in [-0.2, 0) is 0 Å². The van der Waals surface area contributed by atoms with Crippen LogP contribution < -0.4 is 10.3 Å². The number of ether oxygens (including phenoxy) is 1. The van der Waals surface area contributed by atoms with Gasteiger partial charge in [-0.3, -0.25) is 14.6 Å². The number of methoxy groups -OCH3 is 1. The molecule has 2 aromatic heterocycles. The number of carbonyl (C=O) groups is 1. The maximum atomic E-state index is 13.0. The van der Waals surface area contributed by atoms with Crippen molar-refractivity contribution >= 4 is 16.8 Å². The van der Waals surface area contributed by atoms with Crippen molar-refractivity contribution in [3.63, 3.8) is 0 Å². The number of benzene rings is 1. The summed E-state index contributed by atoms with van der Waals surface area (Å²) in [6.45, 7) is 3.13. The highest BCUT2D eigenvalue weighted by molar-refractivity contribution is 5.97. The third kappa shape index (κ3) is 3.07. The number of amides is 1. The monoisotopic (exact) mass is 363 g/mol. The summed E-state index contributed by atoms with van der Waals surface area (Å²) >= 11 is 0. The van der Waals surface area contributed by atoms with Gasteiger partial charge in [0.2, 0.25) is 0 Å². The smallest absolute Gasteiger partial charge is 0.257 e. The number of aromatic amines is 1. The van der Waals surface area contributed by atoms with Gasteiger partial charge in [0.15, 0.2) is 0 Å². The predicted octanol–water partition coefficient (Wildman–Crippen LogP) is 2.87. The van der Waals surface area contributed by atoms with E-state index < -0.39 is 0 Å². The van der Waals surface area contributed by atoms with E-state index in [1.165, 1.54) is 0 Å². The van der Waals surface area contributed by atoms with Crippen LogP contribution in [0.15, 0.2) is 47.4 Å². The Morgan fingerprint density at radius 1 is 1.30 bits per heavy atom. The molecule has 1 aromatic carbocycles. The van der Waals surface area contributed by atoms with E-state index in [-0.39, 0.29) is 17.4 Å². The standard InChI is InChI=1S/C21H21N3O3/c1-13-5-3-6-16(19(13)27-2)21(26)24-10-8-14(12-24)17-11-18-15(20(25)23-17)7-4-9-22-18/h3-7,9,11,14H,8,10,12H2,1-2H3,(H,23,25)/t14-/m0/s1. The lowest BCUT2D eigenvalue weighted by molar-refractivity contribution is 0.0787. The van der Waals surface area contributed by atoms with Crippen LogP contribution in [0.5, 0.6) is 5.75 Å². The van der Waals surface area contributed by atoms with E-state index in [1.54, 1.807) is 31.5 Å². The highest BCUT2D eigenvalue weighted by Crippen LogP contribution is 2.30. The summed E-state index contributed by atoms with van der Waals surface area (Å²) < 4.78 is 5.43. The molecule has 1 atom stereocenters. The molecule has 4 rings (SSSR count). The molecule has 0 saturated carbocycles. The Hall–Kier alpha value is -3.15. The van der Waals surface area contributed by atoms with E-state index >= 15 is 0 Å². The number of H-pyrrole nitrogens is 1. The first-order chi connectivity index (χ1) is 13.1. The fraction of sp³-hybridized carbons (Fsp3) is 0.286. The first-order valence-electron chi connectivity index (χ1n) is 8.99. The quantitative estimate of drug-likeness (QED) is 0.776. The van der Waals surface area contributed by atoms with Crippen LogP contribution in [0.2, 0.25) is 0 Å². The molecule has 1 aliphatic rings. The summed E-state index contributed by atoms with van der Waals surface area (Å²) in [5.74, 6) is 0.664. The molecule has 1 saturated heterocycles. The van der Waals surface area contributed by atoms with Crippen molar-refractivity contribution in [2.75, 3.05) is 20.2 Å². The molecule has 0 spiro atoms. The van der Waals surface area contributed by atoms with Gasteiger partial charge in [-0.05, 0) is 43.2 Å². The maximum absolute atomic E-state index is 13.0. The Morgan fingerprint density at radius 3 is 2.96 bits per heavy atom. The number of carbonyl (C=O) groups excluding carboxylic acids is 1. The van der Waals surface area contributed by atoms with E-state index in [4.69, 9.17) is 4.74 Å². The topological polar surface area (TPSA) is 75.3 Å². The average molecular weight is 363 g/mol. The number of nitrogens with one attached hydrogen (secondary N) is 1. The zero-order valence-electron chi connectivity index (χ0n) is 15.4. The van der Waals surface area contributed by atoms with Gasteiger partial charge in [0.05, 0.1) is 23.6 Å². The molecule has 0 bridgehead atoms. The predicted molar refractivity (Wildman–Crippen MR) is 103 cm³/mol. The Morgan fingerprint density at radius 2 is 2.15 bits per heavy atom. The first kappa shape index (κ1) is 17.3. The minimum absolute atomic E-state index is 0.0423. The highest BCUT2D eigenvalue weighted by atomic mass is 16.5. The van der Waals surface area contributed by atoms with Gasteiger partial charge < -0.3 is 14.6 Å². The second kappa shape index (κ2) is 6.87. The molecule has 1 N–H and O–H groups in total. The lowest BCUT2D eigenvalue weighted by Gasteiger charge is -2.19. The van der Waals surface area contributed by atoms with Crippen LogP contribution in [-0.4, -0.2) is 41.0 Å². The number of para-hydroxylation sites is 1. The molecule has 1 aliphatic heterocycles. The highest BCUT2D eigenvalue weighted by Gasteiger charge is 2.30. The second-order valence-electron chi connectivity index (χ2n) is 6.88. The summed E-state index contributed by atoms with van der Waals surface area (Å²) in [4.78, 5) is 34.4. The van der Waals surface area contributed by atoms with Gasteiger partial charge >= 0.3 is 0 Å². The van der Waals surface area contributed by atoms with E-state index in [0.717, 1.165) is 17.7 Å². The fourth-order valence-electron chi connectivity index (χ4n) is 3.79. The lowest BCUT2D eigenvalue weighted by Crippen LogP contribution is -2.29. The molecule has 27 heavy (non-hydrogen) atoms. The van der Waals surface area contributed by atoms with Crippen molar-refractivity contribution in [3.8, 4) is 5.75 Å². The lowest BCUT2D eigenvalue weighted by atomic mass is 10.0. The first-order valence-corrected chi connectivity index (χ1v) is 8.99. The molecule has 0 aliphatic carbocycles. The van der Waals surface area contributed by atoms with Gasteiger partial charge in [-0.1, -0.05) is 12.1 Å². The number of aromatic nitrogens is 2. The van der Waals surface area contributed by atoms with Crippen LogP contribution in [0, 0.1) is 6.92 Å². The van der Waals surface area contributed by atoms with Crippen LogP contribution in [0.3, 0.4) is 0 Å². The normalized spacial score (nSPS) is 16.7. The molecule has 138 valence electrons. The minimum atomic E-state index is -0.138. The Bertz CT molecular complexity index is 1070. The van der Waals surface area contributed by atoms with Crippen molar-refractivity contribution in [2.24, 2.45) is 0 Å². The molecule has 6 nitrogen and oxygen atoms in total. The van der Waals surface area contributed by atoms with Crippen LogP contribution in [0.4, 0.5) is 0 Å². The number of rotatable bonds is 3. The minimum Gasteiger partial charge on any atom is -0.496 e. The van der Waals surface area contributed by atoms with Crippen molar-refractivity contribution < 1.29 is 9.53 Å². The van der Waals surface area contributed by atoms with E-state index in [1.807, 2.05) is 30.0 Å². The molecule has 1 amide bonds. The molecule has 0 radical (unpaired) electrons. The van der Waals surface area contributed by atoms with E-state index in [2.05, 4.69) is 9.97 Å². The maximum Gasteiger partial charge on any atom is 0.257 e. The summed E-state index contributed by atoms with van der Waals surface area (Å²) in [5, 5.41) is 0.580. The Labute approximate surface area is 156 Å². The average Bonchev–Trinajstić information content (AvgIpc) is 3.17. The van der Waals surface area contributed by atoms with Gasteiger partial charge in [0, 0.05) is 30.9 Å². The third-order valence-electron chi connectivity index (χ3n) is 5.19.